The molecule has 0 amide bonds. The monoisotopic (exact) mass is 634 g/mol. The number of furan rings is 1. The lowest BCUT2D eigenvalue weighted by Gasteiger charge is -2.23. The van der Waals surface area contributed by atoms with Crippen molar-refractivity contribution in [2.45, 2.75) is 6.17 Å². The fourth-order valence-corrected chi connectivity index (χ4v) is 8.08. The van der Waals surface area contributed by atoms with Crippen molar-refractivity contribution in [3.8, 4) is 11.3 Å². The van der Waals surface area contributed by atoms with Crippen LogP contribution in [-0.2, 0) is 0 Å². The van der Waals surface area contributed by atoms with E-state index >= 15 is 0 Å². The Morgan fingerprint density at radius 1 is 0.625 bits per heavy atom. The van der Waals surface area contributed by atoms with Gasteiger partial charge in [0, 0.05) is 42.8 Å². The van der Waals surface area contributed by atoms with Gasteiger partial charge in [-0.05, 0) is 42.0 Å². The zero-order chi connectivity index (χ0) is 31.6. The topological polar surface area (TPSA) is 62.8 Å². The Kier molecular flexibility index (Phi) is 6.04. The number of hydrogen-bond acceptors (Lipinski definition) is 6. The number of para-hydroxylation sites is 3. The van der Waals surface area contributed by atoms with E-state index in [1.54, 1.807) is 11.3 Å². The SMILES string of the molecule is c1ccc(-c2nc3ccccc3c3c2sc2ccc(C4=NC(c5ccccc5)NC(c5cccc6c5oc5ccccc56)=N4)cc23)cc1. The van der Waals surface area contributed by atoms with Crippen molar-refractivity contribution < 1.29 is 4.42 Å². The molecule has 1 unspecified atom stereocenters. The summed E-state index contributed by atoms with van der Waals surface area (Å²) in [6.07, 6.45) is -0.321. The predicted octanol–water partition coefficient (Wildman–Crippen LogP) is 10.7. The third-order valence-electron chi connectivity index (χ3n) is 9.13. The van der Waals surface area contributed by atoms with Gasteiger partial charge in [-0.15, -0.1) is 11.3 Å². The first-order valence-electron chi connectivity index (χ1n) is 16.0. The van der Waals surface area contributed by atoms with Crippen LogP contribution in [0.15, 0.2) is 160 Å². The van der Waals surface area contributed by atoms with Crippen molar-refractivity contribution in [1.29, 1.82) is 0 Å². The first kappa shape index (κ1) is 27.0. The van der Waals surface area contributed by atoms with Crippen LogP contribution in [0, 0.1) is 0 Å². The Bertz CT molecular complexity index is 2760. The molecule has 10 rings (SSSR count). The van der Waals surface area contributed by atoms with Crippen molar-refractivity contribution in [2.75, 3.05) is 0 Å². The maximum Gasteiger partial charge on any atom is 0.159 e. The summed E-state index contributed by atoms with van der Waals surface area (Å²) in [5.74, 6) is 1.41. The molecular weight excluding hydrogens is 609 g/mol. The first-order valence-corrected chi connectivity index (χ1v) is 16.8. The molecule has 0 spiro atoms. The number of amidine groups is 2. The second-order valence-corrected chi connectivity index (χ2v) is 13.1. The molecule has 0 radical (unpaired) electrons. The van der Waals surface area contributed by atoms with Gasteiger partial charge < -0.3 is 9.73 Å². The molecule has 6 aromatic carbocycles. The number of nitrogens with one attached hydrogen (secondary N) is 1. The summed E-state index contributed by atoms with van der Waals surface area (Å²) in [4.78, 5) is 15.6. The maximum absolute atomic E-state index is 6.44. The van der Waals surface area contributed by atoms with Gasteiger partial charge in [0.2, 0.25) is 0 Å². The predicted molar refractivity (Wildman–Crippen MR) is 199 cm³/mol. The molecule has 0 saturated heterocycles. The first-order chi connectivity index (χ1) is 23.8. The van der Waals surface area contributed by atoms with Crippen LogP contribution in [0.4, 0.5) is 0 Å². The number of aromatic nitrogens is 1. The Labute approximate surface area is 279 Å². The van der Waals surface area contributed by atoms with E-state index in [0.29, 0.717) is 5.84 Å². The Balaban J connectivity index is 1.20. The summed E-state index contributed by atoms with van der Waals surface area (Å²) >= 11 is 1.79. The number of aliphatic imine (C=N–C) groups is 2. The highest BCUT2D eigenvalue weighted by molar-refractivity contribution is 7.26. The standard InChI is InChI=1S/C42H26N4OS/c1-3-12-25(13-4-1)37-39-36(30-17-7-9-20-33(30)43-37)32-24-27(22-23-35(32)48-39)41-44-40(26-14-5-2-6-15-26)45-42(46-41)31-19-11-18-29-28-16-8-10-21-34(28)47-38(29)31/h1-24,40H,(H,44,45,46). The molecule has 48 heavy (non-hydrogen) atoms. The maximum atomic E-state index is 6.44. The fraction of sp³-hybridized carbons (Fsp3) is 0.0238. The molecule has 3 aromatic heterocycles. The lowest BCUT2D eigenvalue weighted by atomic mass is 10.0. The number of nitrogens with zero attached hydrogens (tertiary/aromatic N) is 3. The Morgan fingerprint density at radius 3 is 2.25 bits per heavy atom. The van der Waals surface area contributed by atoms with E-state index in [4.69, 9.17) is 19.4 Å². The third-order valence-corrected chi connectivity index (χ3v) is 10.3. The zero-order valence-corrected chi connectivity index (χ0v) is 26.4. The third kappa shape index (κ3) is 4.27. The van der Waals surface area contributed by atoms with Gasteiger partial charge in [0.05, 0.1) is 21.5 Å². The van der Waals surface area contributed by atoms with Crippen molar-refractivity contribution in [3.05, 3.63) is 162 Å². The minimum absolute atomic E-state index is 0.321. The Hall–Kier alpha value is -6.11. The summed E-state index contributed by atoms with van der Waals surface area (Å²) in [5, 5.41) is 9.32. The van der Waals surface area contributed by atoms with Gasteiger partial charge in [-0.25, -0.2) is 15.0 Å². The molecule has 1 N–H and O–H groups in total. The van der Waals surface area contributed by atoms with E-state index < -0.39 is 0 Å². The largest absolute Gasteiger partial charge is 0.455 e. The fourth-order valence-electron chi connectivity index (χ4n) is 6.87. The minimum atomic E-state index is -0.321. The molecule has 1 atom stereocenters. The minimum Gasteiger partial charge on any atom is -0.455 e. The molecule has 0 fully saturated rings. The van der Waals surface area contributed by atoms with Crippen LogP contribution in [0.5, 0.6) is 0 Å². The Morgan fingerprint density at radius 2 is 1.38 bits per heavy atom. The van der Waals surface area contributed by atoms with Crippen LogP contribution in [-0.4, -0.2) is 16.7 Å². The van der Waals surface area contributed by atoms with Gasteiger partial charge >= 0.3 is 0 Å². The van der Waals surface area contributed by atoms with Gasteiger partial charge in [-0.1, -0.05) is 109 Å². The van der Waals surface area contributed by atoms with E-state index in [1.165, 1.54) is 20.2 Å². The zero-order valence-electron chi connectivity index (χ0n) is 25.6. The molecule has 4 heterocycles. The van der Waals surface area contributed by atoms with Gasteiger partial charge in [-0.2, -0.15) is 0 Å². The molecular formula is C42H26N4OS. The lowest BCUT2D eigenvalue weighted by Crippen LogP contribution is -2.33. The number of benzene rings is 6. The van der Waals surface area contributed by atoms with Crippen LogP contribution < -0.4 is 5.32 Å². The van der Waals surface area contributed by atoms with E-state index in [-0.39, 0.29) is 6.17 Å². The smallest absolute Gasteiger partial charge is 0.159 e. The van der Waals surface area contributed by atoms with Crippen LogP contribution >= 0.6 is 11.3 Å². The summed E-state index contributed by atoms with van der Waals surface area (Å²) < 4.78 is 8.82. The molecule has 0 saturated carbocycles. The number of fused-ring (bicyclic) bond motifs is 8. The number of thiophene rings is 1. The van der Waals surface area contributed by atoms with Crippen molar-refractivity contribution >= 4 is 76.0 Å². The van der Waals surface area contributed by atoms with Gasteiger partial charge in [0.15, 0.2) is 5.84 Å². The highest BCUT2D eigenvalue weighted by Gasteiger charge is 2.24. The van der Waals surface area contributed by atoms with Crippen molar-refractivity contribution in [3.63, 3.8) is 0 Å². The highest BCUT2D eigenvalue weighted by atomic mass is 32.1. The molecule has 1 aliphatic rings. The number of hydrogen-bond donors (Lipinski definition) is 1. The average Bonchev–Trinajstić information content (AvgIpc) is 3.74. The summed E-state index contributed by atoms with van der Waals surface area (Å²) in [6, 6.07) is 50.2. The van der Waals surface area contributed by atoms with Crippen LogP contribution in [0.3, 0.4) is 0 Å². The van der Waals surface area contributed by atoms with E-state index in [9.17, 15) is 0 Å². The van der Waals surface area contributed by atoms with Gasteiger partial charge in [0.25, 0.3) is 0 Å². The van der Waals surface area contributed by atoms with Crippen molar-refractivity contribution in [1.82, 2.24) is 10.3 Å². The molecule has 5 nitrogen and oxygen atoms in total. The van der Waals surface area contributed by atoms with E-state index in [1.807, 2.05) is 42.5 Å². The van der Waals surface area contributed by atoms with Crippen LogP contribution in [0.1, 0.15) is 22.9 Å². The lowest BCUT2D eigenvalue weighted by molar-refractivity contribution is 0.659. The van der Waals surface area contributed by atoms with Crippen LogP contribution in [0.25, 0.3) is 64.3 Å². The molecule has 1 aliphatic heterocycles. The summed E-state index contributed by atoms with van der Waals surface area (Å²) in [7, 11) is 0. The van der Waals surface area contributed by atoms with Crippen molar-refractivity contribution in [2.24, 2.45) is 9.98 Å². The van der Waals surface area contributed by atoms with Gasteiger partial charge in [-0.3, -0.25) is 0 Å². The van der Waals surface area contributed by atoms with Crippen LogP contribution in [0.2, 0.25) is 0 Å². The molecule has 0 bridgehead atoms. The normalized spacial score (nSPS) is 14.9. The highest BCUT2D eigenvalue weighted by Crippen LogP contribution is 2.43. The van der Waals surface area contributed by atoms with Gasteiger partial charge in [0.1, 0.15) is 23.2 Å². The average molecular weight is 635 g/mol. The molecule has 226 valence electrons. The second-order valence-electron chi connectivity index (χ2n) is 12.0. The van der Waals surface area contributed by atoms with E-state index in [2.05, 4.69) is 108 Å². The summed E-state index contributed by atoms with van der Waals surface area (Å²) in [5.41, 5.74) is 7.70. The number of pyridine rings is 1. The summed E-state index contributed by atoms with van der Waals surface area (Å²) in [6.45, 7) is 0. The second kappa shape index (κ2) is 10.7. The van der Waals surface area contributed by atoms with E-state index in [0.717, 1.165) is 66.6 Å². The number of rotatable bonds is 4. The molecule has 9 aromatic rings. The molecule has 6 heteroatoms. The molecule has 0 aliphatic carbocycles. The quantitative estimate of drug-likeness (QED) is 0.210.